The summed E-state index contributed by atoms with van der Waals surface area (Å²) in [4.78, 5) is -0.151. The Morgan fingerprint density at radius 1 is 1.00 bits per heavy atom. The molecule has 2 nitrogen and oxygen atoms in total. The van der Waals surface area contributed by atoms with Gasteiger partial charge in [-0.25, -0.2) is 0 Å². The van der Waals surface area contributed by atoms with Crippen LogP contribution in [0, 0.1) is 0 Å². The molecule has 0 aliphatic carbocycles. The number of alkyl halides is 1. The van der Waals surface area contributed by atoms with Gasteiger partial charge in [-0.2, -0.15) is 0 Å². The van der Waals surface area contributed by atoms with Crippen LogP contribution in [0.4, 0.5) is 0 Å². The molecule has 0 bridgehead atoms. The number of ether oxygens (including phenoxy) is 2. The smallest absolute Gasteiger partial charge is 0.162 e. The molecule has 1 unspecified atom stereocenters. The van der Waals surface area contributed by atoms with E-state index in [1.807, 2.05) is 12.1 Å². The number of rotatable bonds is 2. The van der Waals surface area contributed by atoms with E-state index < -0.39 is 0 Å². The molecule has 1 aromatic carbocycles. The van der Waals surface area contributed by atoms with Crippen molar-refractivity contribution in [3.8, 4) is 11.5 Å². The summed E-state index contributed by atoms with van der Waals surface area (Å²) >= 11 is 23.5. The molecule has 1 atom stereocenters. The van der Waals surface area contributed by atoms with Crippen LogP contribution < -0.4 is 9.47 Å². The lowest BCUT2D eigenvalue weighted by Crippen LogP contribution is -2.15. The fourth-order valence-corrected chi connectivity index (χ4v) is 4.92. The summed E-state index contributed by atoms with van der Waals surface area (Å²) in [6.45, 7) is 1.07. The van der Waals surface area contributed by atoms with Crippen molar-refractivity contribution < 1.29 is 9.47 Å². The lowest BCUT2D eigenvalue weighted by atomic mass is 10.1. The maximum absolute atomic E-state index is 6.33. The molecule has 0 saturated heterocycles. The summed E-state index contributed by atoms with van der Waals surface area (Å²) in [5.41, 5.74) is 1.76. The predicted octanol–water partition coefficient (Wildman–Crippen LogP) is 5.96. The summed E-state index contributed by atoms with van der Waals surface area (Å²) in [5.74, 6) is 1.36. The second kappa shape index (κ2) is 5.93. The molecule has 106 valence electrons. The van der Waals surface area contributed by atoms with E-state index in [4.69, 9.17) is 44.3 Å². The predicted molar refractivity (Wildman–Crippen MR) is 87.6 cm³/mol. The molecular formula is C13H8BrCl3O2S. The fraction of sp³-hybridized carbons (Fsp3) is 0.231. The second-order valence-corrected chi connectivity index (χ2v) is 7.77. The first kappa shape index (κ1) is 14.8. The monoisotopic (exact) mass is 412 g/mol. The first-order valence-corrected chi connectivity index (χ1v) is 8.60. The minimum atomic E-state index is -0.151. The van der Waals surface area contributed by atoms with Gasteiger partial charge in [0.25, 0.3) is 0 Å². The van der Waals surface area contributed by atoms with Gasteiger partial charge >= 0.3 is 0 Å². The molecule has 0 N–H and O–H groups in total. The molecule has 20 heavy (non-hydrogen) atoms. The van der Waals surface area contributed by atoms with Crippen LogP contribution in [-0.2, 0) is 0 Å². The lowest BCUT2D eigenvalue weighted by molar-refractivity contribution is 0.171. The van der Waals surface area contributed by atoms with E-state index in [0.717, 1.165) is 11.1 Å². The Morgan fingerprint density at radius 3 is 2.25 bits per heavy atom. The van der Waals surface area contributed by atoms with Gasteiger partial charge in [-0.05, 0) is 17.7 Å². The Labute approximate surface area is 143 Å². The van der Waals surface area contributed by atoms with Crippen molar-refractivity contribution >= 4 is 62.1 Å². The summed E-state index contributed by atoms with van der Waals surface area (Å²) in [6, 6.07) is 5.47. The van der Waals surface area contributed by atoms with Crippen molar-refractivity contribution in [3.05, 3.63) is 43.0 Å². The Balaban J connectivity index is 2.03. The molecule has 0 saturated carbocycles. The van der Waals surface area contributed by atoms with E-state index >= 15 is 0 Å². The van der Waals surface area contributed by atoms with Crippen LogP contribution in [0.3, 0.4) is 0 Å². The molecule has 1 aliphatic heterocycles. The molecule has 0 amide bonds. The summed E-state index contributed by atoms with van der Waals surface area (Å²) < 4.78 is 12.4. The van der Waals surface area contributed by atoms with Gasteiger partial charge < -0.3 is 9.47 Å². The molecule has 7 heteroatoms. The molecule has 3 rings (SSSR count). The van der Waals surface area contributed by atoms with Crippen LogP contribution in [0.25, 0.3) is 0 Å². The third kappa shape index (κ3) is 2.77. The Kier molecular flexibility index (Phi) is 4.39. The van der Waals surface area contributed by atoms with Crippen molar-refractivity contribution in [3.63, 3.8) is 0 Å². The molecule has 0 fully saturated rings. The molecule has 1 aliphatic rings. The minimum Gasteiger partial charge on any atom is -0.486 e. The zero-order valence-corrected chi connectivity index (χ0v) is 14.6. The van der Waals surface area contributed by atoms with E-state index in [0.29, 0.717) is 38.4 Å². The van der Waals surface area contributed by atoms with Gasteiger partial charge in [-0.1, -0.05) is 50.7 Å². The van der Waals surface area contributed by atoms with Crippen LogP contribution in [-0.4, -0.2) is 13.2 Å². The lowest BCUT2D eigenvalue weighted by Gasteiger charge is -2.21. The van der Waals surface area contributed by atoms with E-state index in [1.54, 1.807) is 6.07 Å². The second-order valence-electron chi connectivity index (χ2n) is 4.16. The van der Waals surface area contributed by atoms with E-state index in [2.05, 4.69) is 15.9 Å². The van der Waals surface area contributed by atoms with Crippen LogP contribution in [0.5, 0.6) is 11.5 Å². The highest BCUT2D eigenvalue weighted by Crippen LogP contribution is 2.46. The zero-order chi connectivity index (χ0) is 14.3. The van der Waals surface area contributed by atoms with Crippen molar-refractivity contribution in [2.75, 3.05) is 13.2 Å². The topological polar surface area (TPSA) is 18.5 Å². The molecule has 2 heterocycles. The molecule has 2 aromatic rings. The van der Waals surface area contributed by atoms with Crippen molar-refractivity contribution in [2.24, 2.45) is 0 Å². The third-order valence-corrected chi connectivity index (χ3v) is 5.72. The molecule has 1 aromatic heterocycles. The summed E-state index contributed by atoms with van der Waals surface area (Å²) in [5, 5.41) is 0.592. The number of hydrogen-bond acceptors (Lipinski definition) is 3. The van der Waals surface area contributed by atoms with Gasteiger partial charge in [0.1, 0.15) is 13.2 Å². The van der Waals surface area contributed by atoms with Crippen LogP contribution in [0.15, 0.2) is 18.2 Å². The number of halogens is 4. The maximum Gasteiger partial charge on any atom is 0.162 e. The highest BCUT2D eigenvalue weighted by Gasteiger charge is 2.23. The number of thiophene rings is 1. The van der Waals surface area contributed by atoms with Gasteiger partial charge in [0, 0.05) is 16.7 Å². The maximum atomic E-state index is 6.33. The zero-order valence-electron chi connectivity index (χ0n) is 9.96. The molecule has 0 radical (unpaired) electrons. The fourth-order valence-electron chi connectivity index (χ4n) is 1.97. The Morgan fingerprint density at radius 2 is 1.65 bits per heavy atom. The standard InChI is InChI=1S/C13H8BrCl3O2S/c14-12(7-4-11(16)20-13(7)17)6-3-9-10(5-8(6)15)19-2-1-18-9/h3-5,12H,1-2H2. The summed E-state index contributed by atoms with van der Waals surface area (Å²) in [7, 11) is 0. The summed E-state index contributed by atoms with van der Waals surface area (Å²) in [6.07, 6.45) is 0. The van der Waals surface area contributed by atoms with Crippen molar-refractivity contribution in [1.82, 2.24) is 0 Å². The Bertz CT molecular complexity index is 659. The van der Waals surface area contributed by atoms with Crippen LogP contribution >= 0.6 is 62.1 Å². The van der Waals surface area contributed by atoms with Gasteiger partial charge in [0.05, 0.1) is 13.5 Å². The SMILES string of the molecule is Clc1cc(C(Br)c2cc3c(cc2Cl)OCCO3)c(Cl)s1. The first-order chi connectivity index (χ1) is 9.56. The number of benzene rings is 1. The van der Waals surface area contributed by atoms with Crippen molar-refractivity contribution in [1.29, 1.82) is 0 Å². The normalized spacial score (nSPS) is 15.2. The first-order valence-electron chi connectivity index (χ1n) is 5.74. The van der Waals surface area contributed by atoms with Gasteiger partial charge in [0.15, 0.2) is 11.5 Å². The van der Waals surface area contributed by atoms with Gasteiger partial charge in [-0.3, -0.25) is 0 Å². The van der Waals surface area contributed by atoms with E-state index in [9.17, 15) is 0 Å². The molecular weight excluding hydrogens is 406 g/mol. The highest BCUT2D eigenvalue weighted by molar-refractivity contribution is 9.09. The quantitative estimate of drug-likeness (QED) is 0.564. The highest BCUT2D eigenvalue weighted by atomic mass is 79.9. The third-order valence-electron chi connectivity index (χ3n) is 2.89. The number of hydrogen-bond donors (Lipinski definition) is 0. The van der Waals surface area contributed by atoms with Gasteiger partial charge in [-0.15, -0.1) is 11.3 Å². The average molecular weight is 415 g/mol. The van der Waals surface area contributed by atoms with Gasteiger partial charge in [0.2, 0.25) is 0 Å². The van der Waals surface area contributed by atoms with E-state index in [1.165, 1.54) is 11.3 Å². The van der Waals surface area contributed by atoms with Crippen LogP contribution in [0.1, 0.15) is 16.0 Å². The van der Waals surface area contributed by atoms with E-state index in [-0.39, 0.29) is 4.83 Å². The number of fused-ring (bicyclic) bond motifs is 1. The Hall–Kier alpha value is -0.130. The minimum absolute atomic E-state index is 0.151. The van der Waals surface area contributed by atoms with Crippen molar-refractivity contribution in [2.45, 2.75) is 4.83 Å². The van der Waals surface area contributed by atoms with Crippen LogP contribution in [0.2, 0.25) is 13.7 Å². The largest absolute Gasteiger partial charge is 0.486 e. The average Bonchev–Trinajstić information content (AvgIpc) is 2.76. The molecule has 0 spiro atoms.